The van der Waals surface area contributed by atoms with Crippen LogP contribution in [0.25, 0.3) is 0 Å². The topological polar surface area (TPSA) is 49.4 Å². The van der Waals surface area contributed by atoms with E-state index in [4.69, 9.17) is 0 Å². The number of hydrogen-bond acceptors (Lipinski definition) is 3. The third-order valence-electron chi connectivity index (χ3n) is 5.21. The van der Waals surface area contributed by atoms with Gasteiger partial charge in [-0.2, -0.15) is 13.2 Å². The van der Waals surface area contributed by atoms with Gasteiger partial charge in [-0.25, -0.2) is 13.1 Å². The van der Waals surface area contributed by atoms with Crippen LogP contribution in [-0.2, 0) is 22.7 Å². The molecule has 158 valence electrons. The van der Waals surface area contributed by atoms with E-state index in [1.807, 2.05) is 11.8 Å². The van der Waals surface area contributed by atoms with Crippen LogP contribution in [0.4, 0.5) is 13.2 Å². The van der Waals surface area contributed by atoms with Gasteiger partial charge in [0.05, 0.1) is 10.5 Å². The number of benzene rings is 2. The summed E-state index contributed by atoms with van der Waals surface area (Å²) in [6.45, 7) is 3.62. The molecule has 29 heavy (non-hydrogen) atoms. The second-order valence-corrected chi connectivity index (χ2v) is 9.33. The molecule has 2 aromatic carbocycles. The summed E-state index contributed by atoms with van der Waals surface area (Å²) in [5.41, 5.74) is 0.620. The smallest absolute Gasteiger partial charge is 0.299 e. The number of rotatable bonds is 6. The Kier molecular flexibility index (Phi) is 6.65. The molecule has 1 N–H and O–H groups in total. The molecule has 1 aliphatic rings. The van der Waals surface area contributed by atoms with Crippen LogP contribution in [0.15, 0.2) is 53.4 Å². The highest BCUT2D eigenvalue weighted by Gasteiger charge is 2.33. The van der Waals surface area contributed by atoms with Crippen LogP contribution in [0.3, 0.4) is 0 Å². The third kappa shape index (κ3) is 5.81. The van der Waals surface area contributed by atoms with Crippen LogP contribution in [0.2, 0.25) is 0 Å². The van der Waals surface area contributed by atoms with E-state index >= 15 is 0 Å². The number of sulfonamides is 1. The second-order valence-electron chi connectivity index (χ2n) is 7.56. The van der Waals surface area contributed by atoms with Crippen molar-refractivity contribution in [2.45, 2.75) is 37.4 Å². The number of likely N-dealkylation sites (tertiary alicyclic amines) is 1. The largest absolute Gasteiger partial charge is 0.416 e. The standard InChI is InChI=1S/C21H25F3N2O2S/c1-16-8-10-19(11-9-16)29(27,28)25-13-17-5-4-12-26(14-17)15-18-6-2-3-7-20(18)21(22,23)24/h2-3,6-11,17,25H,4-5,12-15H2,1H3. The lowest BCUT2D eigenvalue weighted by Gasteiger charge is -2.33. The molecule has 0 aliphatic carbocycles. The summed E-state index contributed by atoms with van der Waals surface area (Å²) >= 11 is 0. The highest BCUT2D eigenvalue weighted by molar-refractivity contribution is 7.89. The van der Waals surface area contributed by atoms with Crippen molar-refractivity contribution in [3.05, 3.63) is 65.2 Å². The first kappa shape index (κ1) is 21.8. The van der Waals surface area contributed by atoms with Gasteiger partial charge >= 0.3 is 6.18 Å². The quantitative estimate of drug-likeness (QED) is 0.753. The molecule has 1 atom stereocenters. The summed E-state index contributed by atoms with van der Waals surface area (Å²) in [7, 11) is -3.60. The molecule has 1 saturated heterocycles. The first-order chi connectivity index (χ1) is 13.6. The third-order valence-corrected chi connectivity index (χ3v) is 6.65. The van der Waals surface area contributed by atoms with Crippen molar-refractivity contribution in [3.63, 3.8) is 0 Å². The van der Waals surface area contributed by atoms with E-state index in [1.165, 1.54) is 12.1 Å². The number of alkyl halides is 3. The van der Waals surface area contributed by atoms with Crippen LogP contribution < -0.4 is 4.72 Å². The molecule has 1 aliphatic heterocycles. The van der Waals surface area contributed by atoms with Crippen molar-refractivity contribution in [2.75, 3.05) is 19.6 Å². The predicted molar refractivity (Wildman–Crippen MR) is 106 cm³/mol. The Balaban J connectivity index is 1.61. The minimum absolute atomic E-state index is 0.0574. The van der Waals surface area contributed by atoms with Crippen molar-refractivity contribution in [2.24, 2.45) is 5.92 Å². The van der Waals surface area contributed by atoms with Crippen LogP contribution in [0, 0.1) is 12.8 Å². The van der Waals surface area contributed by atoms with Crippen molar-refractivity contribution >= 4 is 10.0 Å². The maximum Gasteiger partial charge on any atom is 0.416 e. The average Bonchev–Trinajstić information content (AvgIpc) is 2.67. The average molecular weight is 427 g/mol. The lowest BCUT2D eigenvalue weighted by molar-refractivity contribution is -0.138. The van der Waals surface area contributed by atoms with E-state index in [1.54, 1.807) is 30.3 Å². The van der Waals surface area contributed by atoms with Crippen LogP contribution in [0.5, 0.6) is 0 Å². The lowest BCUT2D eigenvalue weighted by Crippen LogP contribution is -2.40. The van der Waals surface area contributed by atoms with Gasteiger partial charge in [-0.1, -0.05) is 35.9 Å². The van der Waals surface area contributed by atoms with Gasteiger partial charge in [-0.15, -0.1) is 0 Å². The van der Waals surface area contributed by atoms with Crippen LogP contribution in [-0.4, -0.2) is 33.0 Å². The molecule has 0 amide bonds. The van der Waals surface area contributed by atoms with Gasteiger partial charge in [-0.3, -0.25) is 4.90 Å². The number of nitrogens with zero attached hydrogens (tertiary/aromatic N) is 1. The van der Waals surface area contributed by atoms with Crippen LogP contribution >= 0.6 is 0 Å². The normalized spacial score (nSPS) is 18.7. The molecule has 4 nitrogen and oxygen atoms in total. The predicted octanol–water partition coefficient (Wildman–Crippen LogP) is 4.20. The maximum absolute atomic E-state index is 13.2. The molecule has 0 bridgehead atoms. The minimum Gasteiger partial charge on any atom is -0.299 e. The number of nitrogens with one attached hydrogen (secondary N) is 1. The van der Waals surface area contributed by atoms with Gasteiger partial charge in [0, 0.05) is 19.6 Å². The molecular formula is C21H25F3N2O2S. The SMILES string of the molecule is Cc1ccc(S(=O)(=O)NCC2CCCN(Cc3ccccc3C(F)(F)F)C2)cc1. The monoisotopic (exact) mass is 426 g/mol. The Labute approximate surface area is 169 Å². The number of hydrogen-bond donors (Lipinski definition) is 1. The van der Waals surface area contributed by atoms with E-state index in [2.05, 4.69) is 4.72 Å². The zero-order valence-electron chi connectivity index (χ0n) is 16.2. The van der Waals surface area contributed by atoms with E-state index < -0.39 is 21.8 Å². The molecule has 2 aromatic rings. The van der Waals surface area contributed by atoms with Crippen molar-refractivity contribution in [1.29, 1.82) is 0 Å². The number of halogens is 3. The molecule has 0 aromatic heterocycles. The summed E-state index contributed by atoms with van der Waals surface area (Å²) in [4.78, 5) is 2.19. The highest BCUT2D eigenvalue weighted by Crippen LogP contribution is 2.33. The Morgan fingerprint density at radius 2 is 1.79 bits per heavy atom. The number of aryl methyl sites for hydroxylation is 1. The highest BCUT2D eigenvalue weighted by atomic mass is 32.2. The first-order valence-electron chi connectivity index (χ1n) is 9.59. The van der Waals surface area contributed by atoms with Gasteiger partial charge in [0.2, 0.25) is 10.0 Å². The van der Waals surface area contributed by atoms with Gasteiger partial charge in [0.15, 0.2) is 0 Å². The minimum atomic E-state index is -4.38. The van der Waals surface area contributed by atoms with E-state index in [0.29, 0.717) is 13.1 Å². The fourth-order valence-electron chi connectivity index (χ4n) is 3.67. The summed E-state index contributed by atoms with van der Waals surface area (Å²) in [6.07, 6.45) is -2.71. The van der Waals surface area contributed by atoms with Crippen LogP contribution in [0.1, 0.15) is 29.5 Å². The Morgan fingerprint density at radius 1 is 1.10 bits per heavy atom. The Bertz CT molecular complexity index is 928. The summed E-state index contributed by atoms with van der Waals surface area (Å²) in [5.74, 6) is 0.0574. The van der Waals surface area contributed by atoms with E-state index in [0.717, 1.165) is 24.5 Å². The molecule has 0 spiro atoms. The molecule has 0 saturated carbocycles. The summed E-state index contributed by atoms with van der Waals surface area (Å²) < 4.78 is 67.2. The first-order valence-corrected chi connectivity index (χ1v) is 11.1. The van der Waals surface area contributed by atoms with Crippen molar-refractivity contribution < 1.29 is 21.6 Å². The maximum atomic E-state index is 13.2. The zero-order chi connectivity index (χ0) is 21.1. The zero-order valence-corrected chi connectivity index (χ0v) is 17.1. The fourth-order valence-corrected chi connectivity index (χ4v) is 4.78. The van der Waals surface area contributed by atoms with E-state index in [9.17, 15) is 21.6 Å². The van der Waals surface area contributed by atoms with Gasteiger partial charge in [0.25, 0.3) is 0 Å². The van der Waals surface area contributed by atoms with Crippen molar-refractivity contribution in [3.8, 4) is 0 Å². The fraction of sp³-hybridized carbons (Fsp3) is 0.429. The van der Waals surface area contributed by atoms with E-state index in [-0.39, 0.29) is 29.5 Å². The molecular weight excluding hydrogens is 401 g/mol. The molecule has 1 unspecified atom stereocenters. The molecule has 0 radical (unpaired) electrons. The molecule has 8 heteroatoms. The summed E-state index contributed by atoms with van der Waals surface area (Å²) in [6, 6.07) is 12.2. The number of piperidine rings is 1. The molecule has 1 heterocycles. The second kappa shape index (κ2) is 8.85. The Morgan fingerprint density at radius 3 is 2.48 bits per heavy atom. The van der Waals surface area contributed by atoms with Gasteiger partial charge in [0.1, 0.15) is 0 Å². The molecule has 3 rings (SSSR count). The van der Waals surface area contributed by atoms with Crippen molar-refractivity contribution in [1.82, 2.24) is 9.62 Å². The van der Waals surface area contributed by atoms with Gasteiger partial charge in [-0.05, 0) is 56.0 Å². The lowest BCUT2D eigenvalue weighted by atomic mass is 9.97. The Hall–Kier alpha value is -1.90. The van der Waals surface area contributed by atoms with Gasteiger partial charge < -0.3 is 0 Å². The molecule has 1 fully saturated rings. The summed E-state index contributed by atoms with van der Waals surface area (Å²) in [5, 5.41) is 0.